The molecule has 1 saturated carbocycles. The van der Waals surface area contributed by atoms with E-state index in [1.807, 2.05) is 12.1 Å². The number of morpholine rings is 1. The summed E-state index contributed by atoms with van der Waals surface area (Å²) in [5.74, 6) is 2.87. The zero-order valence-electron chi connectivity index (χ0n) is 26.6. The molecule has 1 aliphatic carbocycles. The molecule has 1 saturated heterocycles. The number of hydrogen-bond donors (Lipinski definition) is 4. The van der Waals surface area contributed by atoms with Gasteiger partial charge in [-0.15, -0.1) is 4.37 Å². The molecule has 2 atom stereocenters. The van der Waals surface area contributed by atoms with Gasteiger partial charge in [-0.25, -0.2) is 0 Å². The molecule has 2 aliphatic rings. The molecule has 11 nitrogen and oxygen atoms in total. The van der Waals surface area contributed by atoms with Gasteiger partial charge in [-0.05, 0) is 63.6 Å². The van der Waals surface area contributed by atoms with Gasteiger partial charge in [0, 0.05) is 44.4 Å². The number of benzene rings is 1. The average Bonchev–Trinajstić information content (AvgIpc) is 3.70. The normalized spacial score (nSPS) is 16.9. The van der Waals surface area contributed by atoms with Crippen molar-refractivity contribution in [1.82, 2.24) is 19.4 Å². The van der Waals surface area contributed by atoms with Crippen LogP contribution in [0.25, 0.3) is 0 Å². The second-order valence-corrected chi connectivity index (χ2v) is 13.1. The fourth-order valence-corrected chi connectivity index (χ4v) is 4.51. The lowest BCUT2D eigenvalue weighted by Gasteiger charge is -2.27. The molecule has 1 unspecified atom stereocenters. The molecule has 43 heavy (non-hydrogen) atoms. The highest BCUT2D eigenvalue weighted by atomic mass is 32.1. The Labute approximate surface area is 261 Å². The van der Waals surface area contributed by atoms with Crippen LogP contribution in [0.2, 0.25) is 0 Å². The maximum atomic E-state index is 9.95. The molecule has 4 rings (SSSR count). The van der Waals surface area contributed by atoms with Crippen LogP contribution in [-0.4, -0.2) is 109 Å². The van der Waals surface area contributed by atoms with Gasteiger partial charge in [0.15, 0.2) is 0 Å². The van der Waals surface area contributed by atoms with Gasteiger partial charge < -0.3 is 44.7 Å². The van der Waals surface area contributed by atoms with Crippen molar-refractivity contribution in [2.45, 2.75) is 77.7 Å². The van der Waals surface area contributed by atoms with Crippen molar-refractivity contribution in [3.63, 3.8) is 0 Å². The van der Waals surface area contributed by atoms with Crippen LogP contribution >= 0.6 is 11.7 Å². The van der Waals surface area contributed by atoms with E-state index >= 15 is 0 Å². The van der Waals surface area contributed by atoms with Crippen molar-refractivity contribution >= 4 is 17.5 Å². The van der Waals surface area contributed by atoms with Gasteiger partial charge in [-0.3, -0.25) is 0 Å². The van der Waals surface area contributed by atoms with Crippen LogP contribution in [-0.2, 0) is 15.9 Å². The van der Waals surface area contributed by atoms with E-state index in [9.17, 15) is 10.2 Å². The van der Waals surface area contributed by atoms with Crippen LogP contribution in [0.15, 0.2) is 24.3 Å². The second kappa shape index (κ2) is 18.7. The van der Waals surface area contributed by atoms with E-state index in [1.54, 1.807) is 0 Å². The first-order valence-corrected chi connectivity index (χ1v) is 16.2. The highest BCUT2D eigenvalue weighted by molar-refractivity contribution is 6.99. The summed E-state index contributed by atoms with van der Waals surface area (Å²) in [6.45, 7) is 16.5. The van der Waals surface area contributed by atoms with Crippen molar-refractivity contribution in [2.24, 2.45) is 5.92 Å². The maximum Gasteiger partial charge on any atom is 0.270 e. The smallest absolute Gasteiger partial charge is 0.270 e. The lowest BCUT2D eigenvalue weighted by atomic mass is 10.1. The number of nitrogens with one attached hydrogen (secondary N) is 2. The highest BCUT2D eigenvalue weighted by Gasteiger charge is 2.22. The summed E-state index contributed by atoms with van der Waals surface area (Å²) in [6, 6.07) is 8.41. The first-order valence-electron chi connectivity index (χ1n) is 15.5. The molecule has 2 aromatic rings. The van der Waals surface area contributed by atoms with Crippen LogP contribution in [0.3, 0.4) is 0 Å². The first kappa shape index (κ1) is 35.4. The standard InChI is InChI=1S/C18H29NO3.C13H24N4O3S/c1-14(2)19-11-17(20)13-22-18-7-5-15(6-8-18)9-10-21-12-16-3-4-16;1-13(2,3)14-8-10(18)9-20-12-11(15-21-16-12)17-4-6-19-7-5-17/h5-8,14,16-17,19-20H,3-4,9-13H2,1-2H3;10,14,18H,4-9H2,1-3H3/t;10-/m.0/s1. The third-order valence-electron chi connectivity index (χ3n) is 6.75. The van der Waals surface area contributed by atoms with E-state index in [1.165, 1.54) is 18.4 Å². The molecule has 0 bridgehead atoms. The molecular formula is C31H53N5O6S. The van der Waals surface area contributed by atoms with E-state index in [2.05, 4.69) is 71.0 Å². The number of aliphatic hydroxyl groups is 2. The summed E-state index contributed by atoms with van der Waals surface area (Å²) < 4.78 is 30.6. The predicted octanol–water partition coefficient (Wildman–Crippen LogP) is 2.90. The molecule has 2 fully saturated rings. The molecule has 0 amide bonds. The minimum atomic E-state index is -0.580. The van der Waals surface area contributed by atoms with E-state index in [0.717, 1.165) is 61.9 Å². The van der Waals surface area contributed by atoms with Gasteiger partial charge in [-0.2, -0.15) is 4.37 Å². The van der Waals surface area contributed by atoms with Crippen molar-refractivity contribution in [3.8, 4) is 11.6 Å². The van der Waals surface area contributed by atoms with Gasteiger partial charge in [0.05, 0.1) is 31.5 Å². The molecule has 1 aromatic carbocycles. The number of aromatic nitrogens is 2. The predicted molar refractivity (Wildman–Crippen MR) is 171 cm³/mol. The minimum Gasteiger partial charge on any atom is -0.491 e. The Kier molecular flexibility index (Phi) is 15.4. The fourth-order valence-electron chi connectivity index (χ4n) is 3.99. The highest BCUT2D eigenvalue weighted by Crippen LogP contribution is 2.29. The molecule has 1 aliphatic heterocycles. The summed E-state index contributed by atoms with van der Waals surface area (Å²) in [4.78, 5) is 2.10. The number of nitrogens with zero attached hydrogens (tertiary/aromatic N) is 3. The van der Waals surface area contributed by atoms with E-state index in [0.29, 0.717) is 44.8 Å². The van der Waals surface area contributed by atoms with Gasteiger partial charge in [0.1, 0.15) is 31.2 Å². The zero-order valence-corrected chi connectivity index (χ0v) is 27.4. The molecular weight excluding hydrogens is 570 g/mol. The molecule has 12 heteroatoms. The second-order valence-electron chi connectivity index (χ2n) is 12.5. The number of rotatable bonds is 17. The number of anilines is 1. The van der Waals surface area contributed by atoms with E-state index < -0.39 is 12.2 Å². The van der Waals surface area contributed by atoms with Crippen LogP contribution < -0.4 is 25.0 Å². The quantitative estimate of drug-likeness (QED) is 0.194. The van der Waals surface area contributed by atoms with E-state index in [4.69, 9.17) is 18.9 Å². The first-order chi connectivity index (χ1) is 20.6. The summed E-state index contributed by atoms with van der Waals surface area (Å²) in [5, 5.41) is 26.2. The third-order valence-corrected chi connectivity index (χ3v) is 7.25. The molecule has 2 heterocycles. The number of hydrogen-bond acceptors (Lipinski definition) is 12. The zero-order chi connectivity index (χ0) is 31.1. The monoisotopic (exact) mass is 623 g/mol. The van der Waals surface area contributed by atoms with Gasteiger partial charge in [-0.1, -0.05) is 26.0 Å². The fraction of sp³-hybridized carbons (Fsp3) is 0.742. The van der Waals surface area contributed by atoms with Crippen LogP contribution in [0.1, 0.15) is 53.0 Å². The minimum absolute atomic E-state index is 0.0257. The Bertz CT molecular complexity index is 1010. The van der Waals surface area contributed by atoms with Crippen molar-refractivity contribution in [3.05, 3.63) is 29.8 Å². The topological polar surface area (TPSA) is 130 Å². The summed E-state index contributed by atoms with van der Waals surface area (Å²) >= 11 is 1.12. The Morgan fingerprint density at radius 2 is 1.67 bits per heavy atom. The number of aliphatic hydroxyl groups excluding tert-OH is 2. The Hall–Kier alpha value is -2.06. The Balaban J connectivity index is 0.000000236. The van der Waals surface area contributed by atoms with Gasteiger partial charge in [0.25, 0.3) is 5.88 Å². The Morgan fingerprint density at radius 3 is 2.33 bits per heavy atom. The van der Waals surface area contributed by atoms with Crippen LogP contribution in [0.5, 0.6) is 11.6 Å². The average molecular weight is 624 g/mol. The summed E-state index contributed by atoms with van der Waals surface area (Å²) in [6.07, 6.45) is 2.55. The van der Waals surface area contributed by atoms with E-state index in [-0.39, 0.29) is 12.1 Å². The van der Waals surface area contributed by atoms with Crippen LogP contribution in [0.4, 0.5) is 5.82 Å². The molecule has 4 N–H and O–H groups in total. The lowest BCUT2D eigenvalue weighted by Crippen LogP contribution is -2.42. The van der Waals surface area contributed by atoms with Crippen LogP contribution in [0, 0.1) is 5.92 Å². The number of β-amino-alcohol motifs (C(OH)–C–C–N with tert-alkyl or cyclic N) is 1. The van der Waals surface area contributed by atoms with Crippen molar-refractivity contribution in [2.75, 3.05) is 70.7 Å². The number of ether oxygens (including phenoxy) is 4. The third kappa shape index (κ3) is 15.5. The largest absolute Gasteiger partial charge is 0.491 e. The molecule has 0 radical (unpaired) electrons. The summed E-state index contributed by atoms with van der Waals surface area (Å²) in [5.41, 5.74) is 1.23. The molecule has 244 valence electrons. The van der Waals surface area contributed by atoms with Gasteiger partial charge in [0.2, 0.25) is 5.82 Å². The van der Waals surface area contributed by atoms with Crippen molar-refractivity contribution in [1.29, 1.82) is 0 Å². The summed E-state index contributed by atoms with van der Waals surface area (Å²) in [7, 11) is 0. The van der Waals surface area contributed by atoms with Gasteiger partial charge >= 0.3 is 0 Å². The Morgan fingerprint density at radius 1 is 1.00 bits per heavy atom. The van der Waals surface area contributed by atoms with Crippen molar-refractivity contribution < 1.29 is 29.2 Å². The maximum absolute atomic E-state index is 9.95. The lowest BCUT2D eigenvalue weighted by molar-refractivity contribution is 0.0975. The SMILES string of the molecule is CC(C)(C)NC[C@H](O)COc1nsnc1N1CCOCC1.CC(C)NCC(O)COc1ccc(CCOCC2CC2)cc1. The molecule has 1 aromatic heterocycles. The molecule has 0 spiro atoms.